The fraction of sp³-hybridized carbons (Fsp3) is 0.600. The van der Waals surface area contributed by atoms with Gasteiger partial charge in [0.1, 0.15) is 0 Å². The molecule has 0 unspecified atom stereocenters. The molecule has 0 spiro atoms. The van der Waals surface area contributed by atoms with Crippen LogP contribution in [-0.2, 0) is 40.0 Å². The number of hydrogen-bond donors (Lipinski definition) is 7. The Morgan fingerprint density at radius 1 is 0.681 bits per heavy atom. The van der Waals surface area contributed by atoms with E-state index in [9.17, 15) is 28.8 Å². The Bertz CT molecular complexity index is 1050. The number of rotatable bonds is 28. The molecule has 1 aromatic rings. The average molecular weight is 669 g/mol. The van der Waals surface area contributed by atoms with Crippen molar-refractivity contribution >= 4 is 35.7 Å². The van der Waals surface area contributed by atoms with Gasteiger partial charge in [0.25, 0.3) is 5.91 Å². The Labute approximate surface area is 273 Å². The summed E-state index contributed by atoms with van der Waals surface area (Å²) in [4.78, 5) is 78.5. The molecule has 1 aromatic carbocycles. The van der Waals surface area contributed by atoms with Crippen LogP contribution < -0.4 is 16.5 Å². The third kappa shape index (κ3) is 22.1. The number of nitrogens with two attached hydrogens (primary N) is 1. The molecule has 17 heteroatoms. The van der Waals surface area contributed by atoms with E-state index in [1.807, 2.05) is 30.3 Å². The number of benzene rings is 1. The van der Waals surface area contributed by atoms with Crippen molar-refractivity contribution in [3.8, 4) is 0 Å². The maximum atomic E-state index is 12.6. The van der Waals surface area contributed by atoms with Crippen molar-refractivity contribution < 1.29 is 54.0 Å². The number of nitrogens with zero attached hydrogens (tertiary/aromatic N) is 3. The van der Waals surface area contributed by atoms with Gasteiger partial charge in [-0.2, -0.15) is 0 Å². The monoisotopic (exact) mass is 668 g/mol. The first-order chi connectivity index (χ1) is 22.3. The van der Waals surface area contributed by atoms with E-state index in [1.54, 1.807) is 4.90 Å². The highest BCUT2D eigenvalue weighted by Crippen LogP contribution is 2.05. The number of carboxylic acid groups (broad SMARTS) is 4. The molecule has 0 radical (unpaired) electrons. The quantitative estimate of drug-likeness (QED) is 0.0414. The van der Waals surface area contributed by atoms with Gasteiger partial charge in [-0.3, -0.25) is 48.3 Å². The van der Waals surface area contributed by atoms with Crippen molar-refractivity contribution in [3.63, 3.8) is 0 Å². The van der Waals surface area contributed by atoms with E-state index < -0.39 is 56.1 Å². The molecule has 0 aliphatic heterocycles. The summed E-state index contributed by atoms with van der Waals surface area (Å²) in [6, 6.07) is 9.04. The van der Waals surface area contributed by atoms with Crippen LogP contribution in [0, 0.1) is 0 Å². The van der Waals surface area contributed by atoms with Crippen molar-refractivity contribution in [1.82, 2.24) is 25.5 Å². The predicted octanol–water partition coefficient (Wildman–Crippen LogP) is -1.08. The minimum Gasteiger partial charge on any atom is -0.480 e. The van der Waals surface area contributed by atoms with Gasteiger partial charge in [0, 0.05) is 32.7 Å². The van der Waals surface area contributed by atoms with E-state index >= 15 is 0 Å². The molecular formula is C30H48N6O11. The van der Waals surface area contributed by atoms with E-state index in [0.29, 0.717) is 38.8 Å². The molecular weight excluding hydrogens is 620 g/mol. The fourth-order valence-corrected chi connectivity index (χ4v) is 4.46. The lowest BCUT2D eigenvalue weighted by Gasteiger charge is -2.28. The van der Waals surface area contributed by atoms with Crippen molar-refractivity contribution in [1.29, 1.82) is 0 Å². The predicted molar refractivity (Wildman–Crippen MR) is 168 cm³/mol. The molecule has 264 valence electrons. The molecule has 47 heavy (non-hydrogen) atoms. The fourth-order valence-electron chi connectivity index (χ4n) is 4.46. The summed E-state index contributed by atoms with van der Waals surface area (Å²) in [7, 11) is 0. The van der Waals surface area contributed by atoms with Gasteiger partial charge >= 0.3 is 23.9 Å². The number of carbonyl (C=O) groups excluding carboxylic acids is 2. The van der Waals surface area contributed by atoms with E-state index in [1.165, 1.54) is 9.80 Å². The highest BCUT2D eigenvalue weighted by atomic mass is 16.6. The molecule has 8 N–H and O–H groups in total. The van der Waals surface area contributed by atoms with Crippen LogP contribution in [-0.4, -0.2) is 149 Å². The summed E-state index contributed by atoms with van der Waals surface area (Å²) < 4.78 is 0. The Kier molecular flexibility index (Phi) is 20.9. The number of aliphatic carboxylic acids is 4. The maximum Gasteiger partial charge on any atom is 0.317 e. The molecule has 0 saturated carbocycles. The van der Waals surface area contributed by atoms with Gasteiger partial charge in [0.05, 0.1) is 45.4 Å². The molecule has 0 aliphatic carbocycles. The van der Waals surface area contributed by atoms with Gasteiger partial charge < -0.3 is 31.5 Å². The van der Waals surface area contributed by atoms with E-state index in [4.69, 9.17) is 31.0 Å². The van der Waals surface area contributed by atoms with Gasteiger partial charge in [-0.05, 0) is 31.2 Å². The number of hydrogen-bond acceptors (Lipinski definition) is 11. The van der Waals surface area contributed by atoms with Crippen LogP contribution in [0.2, 0.25) is 0 Å². The molecule has 2 amide bonds. The molecule has 0 fully saturated rings. The molecule has 0 bridgehead atoms. The Morgan fingerprint density at radius 2 is 1.17 bits per heavy atom. The number of carbonyl (C=O) groups is 6. The van der Waals surface area contributed by atoms with Crippen molar-refractivity contribution in [2.24, 2.45) is 5.73 Å². The summed E-state index contributed by atoms with van der Waals surface area (Å²) in [6.07, 6.45) is 4.07. The third-order valence-corrected chi connectivity index (χ3v) is 6.86. The zero-order valence-electron chi connectivity index (χ0n) is 26.6. The van der Waals surface area contributed by atoms with Crippen LogP contribution in [0.3, 0.4) is 0 Å². The average Bonchev–Trinajstić information content (AvgIpc) is 2.99. The Hall–Kier alpha value is -4.16. The molecule has 0 aromatic heterocycles. The van der Waals surface area contributed by atoms with Crippen LogP contribution in [0.4, 0.5) is 0 Å². The minimum atomic E-state index is -1.22. The number of unbranched alkanes of at least 4 members (excludes halogenated alkanes) is 3. The lowest BCUT2D eigenvalue weighted by molar-refractivity contribution is -0.143. The van der Waals surface area contributed by atoms with Crippen LogP contribution in [0.1, 0.15) is 37.7 Å². The van der Waals surface area contributed by atoms with Crippen molar-refractivity contribution in [2.75, 3.05) is 72.1 Å². The number of nitrogens with one attached hydrogen (secondary N) is 2. The van der Waals surface area contributed by atoms with Crippen molar-refractivity contribution in [3.05, 3.63) is 35.9 Å². The molecule has 0 aliphatic rings. The zero-order valence-corrected chi connectivity index (χ0v) is 26.6. The summed E-state index contributed by atoms with van der Waals surface area (Å²) >= 11 is 0. The largest absolute Gasteiger partial charge is 0.480 e. The topological polar surface area (TPSA) is 252 Å². The number of amides is 2. The van der Waals surface area contributed by atoms with Gasteiger partial charge in [-0.1, -0.05) is 43.2 Å². The standard InChI is InChI=1S/C30H48N6O11/c31-24(11-10-23-8-4-3-5-9-23)30(46)33-47-17-7-2-1-6-12-32-25(37)18-34(13-15-35(19-26(38)39)20-27(40)41)14-16-36(21-28(42)43)22-29(44)45/h3-5,8-9,24H,1-2,6-7,10-22,31H2,(H,32,37)(H,33,46)(H,38,39)(H,40,41)(H,42,43)(H,44,45)/t24-/m1/s1. The number of carboxylic acids is 4. The second-order valence-corrected chi connectivity index (χ2v) is 11.0. The smallest absolute Gasteiger partial charge is 0.317 e. The highest BCUT2D eigenvalue weighted by Gasteiger charge is 2.19. The summed E-state index contributed by atoms with van der Waals surface area (Å²) in [5, 5.41) is 39.1. The molecule has 1 rings (SSSR count). The second-order valence-electron chi connectivity index (χ2n) is 11.0. The number of aryl methyl sites for hydroxylation is 1. The van der Waals surface area contributed by atoms with Gasteiger partial charge in [-0.25, -0.2) is 5.48 Å². The van der Waals surface area contributed by atoms with Crippen LogP contribution in [0.25, 0.3) is 0 Å². The summed E-state index contributed by atoms with van der Waals surface area (Å²) in [5.41, 5.74) is 9.40. The Balaban J connectivity index is 2.41. The first-order valence-corrected chi connectivity index (χ1v) is 15.4. The molecule has 1 atom stereocenters. The SMILES string of the molecule is N[C@H](CCc1ccccc1)C(=O)NOCCCCCCNC(=O)CN(CCN(CC(=O)O)CC(=O)O)CCN(CC(=O)O)CC(=O)O. The zero-order chi connectivity index (χ0) is 35.0. The van der Waals surface area contributed by atoms with Crippen LogP contribution in [0.15, 0.2) is 30.3 Å². The minimum absolute atomic E-state index is 0.00805. The summed E-state index contributed by atoms with van der Waals surface area (Å²) in [5.74, 6) is -5.63. The molecule has 0 saturated heterocycles. The van der Waals surface area contributed by atoms with Gasteiger partial charge in [0.2, 0.25) is 5.91 Å². The molecule has 17 nitrogen and oxygen atoms in total. The van der Waals surface area contributed by atoms with E-state index in [0.717, 1.165) is 18.4 Å². The second kappa shape index (κ2) is 24.1. The number of hydroxylamine groups is 1. The Morgan fingerprint density at radius 3 is 1.68 bits per heavy atom. The normalized spacial score (nSPS) is 11.8. The molecule has 0 heterocycles. The first-order valence-electron chi connectivity index (χ1n) is 15.4. The summed E-state index contributed by atoms with van der Waals surface area (Å²) in [6.45, 7) is -1.46. The van der Waals surface area contributed by atoms with Gasteiger partial charge in [0.15, 0.2) is 0 Å². The van der Waals surface area contributed by atoms with Gasteiger partial charge in [-0.15, -0.1) is 0 Å². The lowest BCUT2D eigenvalue weighted by Crippen LogP contribution is -2.47. The first kappa shape index (κ1) is 40.9. The van der Waals surface area contributed by atoms with Crippen LogP contribution >= 0.6 is 0 Å². The van der Waals surface area contributed by atoms with Crippen molar-refractivity contribution in [2.45, 2.75) is 44.6 Å². The highest BCUT2D eigenvalue weighted by molar-refractivity contribution is 5.80. The van der Waals surface area contributed by atoms with Crippen LogP contribution in [0.5, 0.6) is 0 Å². The lowest BCUT2D eigenvalue weighted by atomic mass is 10.1. The van der Waals surface area contributed by atoms with E-state index in [2.05, 4.69) is 10.8 Å². The third-order valence-electron chi connectivity index (χ3n) is 6.86. The maximum absolute atomic E-state index is 12.6. The van der Waals surface area contributed by atoms with E-state index in [-0.39, 0.29) is 44.5 Å².